The summed E-state index contributed by atoms with van der Waals surface area (Å²) in [6, 6.07) is 7.67. The molecule has 1 heterocycles. The Morgan fingerprint density at radius 1 is 1.40 bits per heavy atom. The zero-order valence-electron chi connectivity index (χ0n) is 8.76. The van der Waals surface area contributed by atoms with Gasteiger partial charge in [0, 0.05) is 20.2 Å². The molecule has 4 heteroatoms. The monoisotopic (exact) mass is 208 g/mol. The van der Waals surface area contributed by atoms with Crippen LogP contribution in [-0.4, -0.2) is 37.5 Å². The topological polar surface area (TPSA) is 58.7 Å². The second-order valence-electron chi connectivity index (χ2n) is 3.81. The maximum absolute atomic E-state index is 9.70. The molecule has 0 unspecified atom stereocenters. The van der Waals surface area contributed by atoms with Crippen molar-refractivity contribution in [3.8, 4) is 0 Å². The lowest BCUT2D eigenvalue weighted by Crippen LogP contribution is -2.25. The minimum absolute atomic E-state index is 0.121. The molecular formula is C11H16N2O2. The second-order valence-corrected chi connectivity index (χ2v) is 3.81. The maximum atomic E-state index is 9.70. The molecule has 1 fully saturated rings. The highest BCUT2D eigenvalue weighted by atomic mass is 16.5. The molecule has 0 bridgehead atoms. The van der Waals surface area contributed by atoms with E-state index in [-0.39, 0.29) is 6.10 Å². The molecule has 1 aliphatic heterocycles. The lowest BCUT2D eigenvalue weighted by Gasteiger charge is -2.19. The van der Waals surface area contributed by atoms with E-state index < -0.39 is 6.10 Å². The number of ether oxygens (including phenoxy) is 1. The van der Waals surface area contributed by atoms with Gasteiger partial charge in [0.05, 0.1) is 17.5 Å². The fourth-order valence-electron chi connectivity index (χ4n) is 1.96. The Bertz CT molecular complexity index is 343. The van der Waals surface area contributed by atoms with Crippen molar-refractivity contribution in [3.05, 3.63) is 24.3 Å². The Balaban J connectivity index is 2.17. The first-order valence-corrected chi connectivity index (χ1v) is 5.02. The van der Waals surface area contributed by atoms with Crippen LogP contribution in [0.15, 0.2) is 24.3 Å². The molecule has 0 amide bonds. The maximum Gasteiger partial charge on any atom is 0.102 e. The van der Waals surface area contributed by atoms with Crippen molar-refractivity contribution in [1.82, 2.24) is 0 Å². The van der Waals surface area contributed by atoms with Crippen molar-refractivity contribution in [2.24, 2.45) is 0 Å². The Hall–Kier alpha value is -1.26. The van der Waals surface area contributed by atoms with Crippen LogP contribution in [0.5, 0.6) is 0 Å². The lowest BCUT2D eigenvalue weighted by atomic mass is 10.2. The minimum atomic E-state index is -0.436. The average molecular weight is 208 g/mol. The van der Waals surface area contributed by atoms with Gasteiger partial charge in [0.25, 0.3) is 0 Å². The minimum Gasteiger partial charge on any atom is -0.397 e. The molecule has 15 heavy (non-hydrogen) atoms. The first-order chi connectivity index (χ1) is 7.22. The van der Waals surface area contributed by atoms with E-state index in [0.29, 0.717) is 13.1 Å². The van der Waals surface area contributed by atoms with Crippen LogP contribution in [0.4, 0.5) is 11.4 Å². The number of β-amino-alcohol motifs (C(OH)–C–C–N with tert-alkyl or cyclic N) is 1. The summed E-state index contributed by atoms with van der Waals surface area (Å²) in [5.41, 5.74) is 7.57. The third-order valence-electron chi connectivity index (χ3n) is 2.82. The summed E-state index contributed by atoms with van der Waals surface area (Å²) in [6.45, 7) is 1.26. The normalized spacial score (nSPS) is 25.9. The van der Waals surface area contributed by atoms with Gasteiger partial charge in [0.1, 0.15) is 6.10 Å². The Labute approximate surface area is 89.3 Å². The van der Waals surface area contributed by atoms with Crippen LogP contribution in [0.25, 0.3) is 0 Å². The van der Waals surface area contributed by atoms with Crippen LogP contribution < -0.4 is 10.6 Å². The summed E-state index contributed by atoms with van der Waals surface area (Å²) in [5, 5.41) is 9.70. The van der Waals surface area contributed by atoms with E-state index in [1.54, 1.807) is 7.11 Å². The van der Waals surface area contributed by atoms with Gasteiger partial charge in [-0.15, -0.1) is 0 Å². The first kappa shape index (κ1) is 10.3. The van der Waals surface area contributed by atoms with Crippen molar-refractivity contribution < 1.29 is 9.84 Å². The van der Waals surface area contributed by atoms with Gasteiger partial charge in [0.15, 0.2) is 0 Å². The molecule has 0 spiro atoms. The molecule has 0 aromatic heterocycles. The van der Waals surface area contributed by atoms with Gasteiger partial charge >= 0.3 is 0 Å². The summed E-state index contributed by atoms with van der Waals surface area (Å²) in [6.07, 6.45) is -0.556. The van der Waals surface area contributed by atoms with Crippen LogP contribution in [-0.2, 0) is 4.74 Å². The highest BCUT2D eigenvalue weighted by molar-refractivity contribution is 5.67. The van der Waals surface area contributed by atoms with Crippen LogP contribution in [0, 0.1) is 0 Å². The standard InChI is InChI=1S/C11H16N2O2/c1-15-11-7-13(6-10(11)14)9-5-3-2-4-8(9)12/h2-5,10-11,14H,6-7,12H2,1H3/t10-,11-/m0/s1. The van der Waals surface area contributed by atoms with E-state index in [2.05, 4.69) is 0 Å². The predicted octanol–water partition coefficient (Wildman–Crippen LogP) is 0.465. The number of nitrogens with two attached hydrogens (primary N) is 1. The number of methoxy groups -OCH3 is 1. The van der Waals surface area contributed by atoms with Crippen LogP contribution in [0.2, 0.25) is 0 Å². The lowest BCUT2D eigenvalue weighted by molar-refractivity contribution is 0.0217. The van der Waals surface area contributed by atoms with Gasteiger partial charge in [-0.1, -0.05) is 12.1 Å². The number of hydrogen-bond acceptors (Lipinski definition) is 4. The largest absolute Gasteiger partial charge is 0.397 e. The van der Waals surface area contributed by atoms with Crippen molar-refractivity contribution in [3.63, 3.8) is 0 Å². The van der Waals surface area contributed by atoms with Crippen molar-refractivity contribution in [1.29, 1.82) is 0 Å². The number of rotatable bonds is 2. The molecule has 0 aliphatic carbocycles. The van der Waals surface area contributed by atoms with Crippen molar-refractivity contribution in [2.45, 2.75) is 12.2 Å². The fourth-order valence-corrected chi connectivity index (χ4v) is 1.96. The summed E-state index contributed by atoms with van der Waals surface area (Å²) in [5.74, 6) is 0. The molecule has 1 aliphatic rings. The van der Waals surface area contributed by atoms with Crippen LogP contribution in [0.1, 0.15) is 0 Å². The van der Waals surface area contributed by atoms with E-state index in [1.807, 2.05) is 29.2 Å². The number of hydrogen-bond donors (Lipinski definition) is 2. The molecule has 3 N–H and O–H groups in total. The molecule has 1 saturated heterocycles. The van der Waals surface area contributed by atoms with E-state index in [1.165, 1.54) is 0 Å². The van der Waals surface area contributed by atoms with E-state index in [0.717, 1.165) is 11.4 Å². The summed E-state index contributed by atoms with van der Waals surface area (Å²) >= 11 is 0. The predicted molar refractivity (Wildman–Crippen MR) is 59.9 cm³/mol. The third kappa shape index (κ3) is 1.91. The van der Waals surface area contributed by atoms with Gasteiger partial charge in [-0.05, 0) is 12.1 Å². The van der Waals surface area contributed by atoms with Crippen molar-refractivity contribution >= 4 is 11.4 Å². The zero-order valence-corrected chi connectivity index (χ0v) is 8.76. The number of aliphatic hydroxyl groups is 1. The zero-order chi connectivity index (χ0) is 10.8. The molecule has 1 aromatic carbocycles. The van der Waals surface area contributed by atoms with Gasteiger partial charge in [-0.25, -0.2) is 0 Å². The van der Waals surface area contributed by atoms with Gasteiger partial charge in [-0.3, -0.25) is 0 Å². The number of aliphatic hydroxyl groups excluding tert-OH is 1. The Kier molecular flexibility index (Phi) is 2.79. The average Bonchev–Trinajstić information content (AvgIpc) is 2.60. The fraction of sp³-hybridized carbons (Fsp3) is 0.455. The van der Waals surface area contributed by atoms with Gasteiger partial charge in [0.2, 0.25) is 0 Å². The molecule has 2 rings (SSSR count). The molecule has 82 valence electrons. The third-order valence-corrected chi connectivity index (χ3v) is 2.82. The SMILES string of the molecule is CO[C@H]1CN(c2ccccc2N)C[C@@H]1O. The Morgan fingerprint density at radius 2 is 2.13 bits per heavy atom. The molecular weight excluding hydrogens is 192 g/mol. The molecule has 1 aromatic rings. The number of nitrogens with zero attached hydrogens (tertiary/aromatic N) is 1. The van der Waals surface area contributed by atoms with E-state index >= 15 is 0 Å². The number of benzene rings is 1. The summed E-state index contributed by atoms with van der Waals surface area (Å²) < 4.78 is 5.18. The van der Waals surface area contributed by atoms with Gasteiger partial charge < -0.3 is 20.5 Å². The number of anilines is 2. The van der Waals surface area contributed by atoms with E-state index in [9.17, 15) is 5.11 Å². The van der Waals surface area contributed by atoms with Crippen molar-refractivity contribution in [2.75, 3.05) is 30.8 Å². The smallest absolute Gasteiger partial charge is 0.102 e. The summed E-state index contributed by atoms with van der Waals surface area (Å²) in [4.78, 5) is 2.05. The molecule has 0 saturated carbocycles. The molecule has 4 nitrogen and oxygen atoms in total. The first-order valence-electron chi connectivity index (χ1n) is 5.02. The Morgan fingerprint density at radius 3 is 2.73 bits per heavy atom. The molecule has 2 atom stereocenters. The number of para-hydroxylation sites is 2. The van der Waals surface area contributed by atoms with Crippen LogP contribution >= 0.6 is 0 Å². The second kappa shape index (κ2) is 4.08. The molecule has 0 radical (unpaired) electrons. The highest BCUT2D eigenvalue weighted by Gasteiger charge is 2.31. The highest BCUT2D eigenvalue weighted by Crippen LogP contribution is 2.26. The van der Waals surface area contributed by atoms with Gasteiger partial charge in [-0.2, -0.15) is 0 Å². The van der Waals surface area contributed by atoms with Crippen LogP contribution in [0.3, 0.4) is 0 Å². The number of nitrogen functional groups attached to an aromatic ring is 1. The quantitative estimate of drug-likeness (QED) is 0.693. The van der Waals surface area contributed by atoms with E-state index in [4.69, 9.17) is 10.5 Å². The summed E-state index contributed by atoms with van der Waals surface area (Å²) in [7, 11) is 1.62.